The third-order valence-corrected chi connectivity index (χ3v) is 5.58. The predicted octanol–water partition coefficient (Wildman–Crippen LogP) is 2.89. The number of carbonyl (C=O) groups excluding carboxylic acids is 5. The summed E-state index contributed by atoms with van der Waals surface area (Å²) in [5, 5.41) is 0. The molecule has 0 fully saturated rings. The van der Waals surface area contributed by atoms with Crippen LogP contribution >= 0.6 is 0 Å². The molecule has 0 saturated carbocycles. The summed E-state index contributed by atoms with van der Waals surface area (Å²) in [4.78, 5) is 64.5. The second kappa shape index (κ2) is 7.83. The summed E-state index contributed by atoms with van der Waals surface area (Å²) < 4.78 is 5.20. The number of hydrogen-bond donors (Lipinski definition) is 0. The first kappa shape index (κ1) is 20.3. The number of nitrogens with zero attached hydrogens (tertiary/aromatic N) is 2. The van der Waals surface area contributed by atoms with Gasteiger partial charge in [-0.15, -0.1) is 0 Å². The van der Waals surface area contributed by atoms with Crippen LogP contribution in [0, 0.1) is 0 Å². The zero-order valence-corrected chi connectivity index (χ0v) is 17.2. The van der Waals surface area contributed by atoms with Gasteiger partial charge in [-0.05, 0) is 42.0 Å². The fraction of sp³-hybridized carbons (Fsp3) is 0.0800. The molecule has 0 spiro atoms. The molecule has 0 atom stereocenters. The van der Waals surface area contributed by atoms with Crippen LogP contribution in [-0.2, 0) is 11.3 Å². The predicted molar refractivity (Wildman–Crippen MR) is 114 cm³/mol. The third kappa shape index (κ3) is 3.38. The fourth-order valence-corrected chi connectivity index (χ4v) is 3.92. The molecule has 0 unspecified atom stereocenters. The lowest BCUT2D eigenvalue weighted by Gasteiger charge is -2.16. The Hall–Kier alpha value is -4.59. The molecule has 8 heteroatoms. The highest BCUT2D eigenvalue weighted by molar-refractivity contribution is 6.22. The van der Waals surface area contributed by atoms with E-state index in [1.165, 1.54) is 12.1 Å². The first-order chi connectivity index (χ1) is 16.0. The van der Waals surface area contributed by atoms with Gasteiger partial charge < -0.3 is 4.74 Å². The summed E-state index contributed by atoms with van der Waals surface area (Å²) in [5.41, 5.74) is 1.95. The molecule has 0 bridgehead atoms. The van der Waals surface area contributed by atoms with Gasteiger partial charge >= 0.3 is 5.97 Å². The molecule has 5 rings (SSSR count). The average molecular weight is 440 g/mol. The molecule has 4 amide bonds. The van der Waals surface area contributed by atoms with Gasteiger partial charge in [-0.1, -0.05) is 36.4 Å². The van der Waals surface area contributed by atoms with Crippen molar-refractivity contribution in [3.05, 3.63) is 106 Å². The highest BCUT2D eigenvalue weighted by Gasteiger charge is 2.36. The van der Waals surface area contributed by atoms with Crippen LogP contribution in [0.3, 0.4) is 0 Å². The Labute approximate surface area is 188 Å². The standard InChI is InChI=1S/C25H16N2O6/c28-21-17-8-1-2-9-18(17)22(29)26(21)13-15-6-5-7-16(12-15)25(32)33-14-27-23(30)19-10-3-4-11-20(19)24(27)31/h1-12H,13-14H2. The van der Waals surface area contributed by atoms with Crippen molar-refractivity contribution in [2.75, 3.05) is 6.73 Å². The van der Waals surface area contributed by atoms with Crippen molar-refractivity contribution in [2.45, 2.75) is 6.54 Å². The van der Waals surface area contributed by atoms with E-state index in [9.17, 15) is 24.0 Å². The van der Waals surface area contributed by atoms with Gasteiger partial charge in [0, 0.05) is 0 Å². The summed E-state index contributed by atoms with van der Waals surface area (Å²) >= 11 is 0. The second-order valence-corrected chi connectivity index (χ2v) is 7.59. The molecule has 2 aliphatic rings. The van der Waals surface area contributed by atoms with Crippen LogP contribution in [0.1, 0.15) is 57.4 Å². The normalized spacial score (nSPS) is 14.5. The monoisotopic (exact) mass is 440 g/mol. The van der Waals surface area contributed by atoms with Crippen LogP contribution < -0.4 is 0 Å². The summed E-state index contributed by atoms with van der Waals surface area (Å²) in [6, 6.07) is 19.3. The lowest BCUT2D eigenvalue weighted by molar-refractivity contribution is 0.0227. The van der Waals surface area contributed by atoms with E-state index in [0.717, 1.165) is 9.80 Å². The van der Waals surface area contributed by atoms with Crippen molar-refractivity contribution in [2.24, 2.45) is 0 Å². The average Bonchev–Trinajstić information content (AvgIpc) is 3.23. The van der Waals surface area contributed by atoms with Crippen molar-refractivity contribution in [1.82, 2.24) is 9.80 Å². The third-order valence-electron chi connectivity index (χ3n) is 5.58. The molecular formula is C25H16N2O6. The summed E-state index contributed by atoms with van der Waals surface area (Å²) in [6.45, 7) is -0.528. The van der Waals surface area contributed by atoms with Gasteiger partial charge in [0.05, 0.1) is 34.4 Å². The Balaban J connectivity index is 1.27. The van der Waals surface area contributed by atoms with E-state index in [4.69, 9.17) is 4.74 Å². The minimum atomic E-state index is -0.740. The number of carbonyl (C=O) groups is 5. The maximum absolute atomic E-state index is 12.6. The molecule has 3 aromatic rings. The van der Waals surface area contributed by atoms with Crippen molar-refractivity contribution in [1.29, 1.82) is 0 Å². The topological polar surface area (TPSA) is 101 Å². The minimum Gasteiger partial charge on any atom is -0.440 e. The Bertz CT molecular complexity index is 1290. The number of ether oxygens (including phenoxy) is 1. The number of hydrogen-bond acceptors (Lipinski definition) is 6. The molecule has 0 aromatic heterocycles. The largest absolute Gasteiger partial charge is 0.440 e. The Morgan fingerprint density at radius 1 is 0.636 bits per heavy atom. The van der Waals surface area contributed by atoms with Crippen molar-refractivity contribution in [3.63, 3.8) is 0 Å². The lowest BCUT2D eigenvalue weighted by Crippen LogP contribution is -2.33. The van der Waals surface area contributed by atoms with Gasteiger partial charge in [-0.3, -0.25) is 24.1 Å². The highest BCUT2D eigenvalue weighted by atomic mass is 16.5. The maximum Gasteiger partial charge on any atom is 0.339 e. The summed E-state index contributed by atoms with van der Waals surface area (Å²) in [7, 11) is 0. The molecular weight excluding hydrogens is 424 g/mol. The molecule has 2 aliphatic heterocycles. The second-order valence-electron chi connectivity index (χ2n) is 7.59. The maximum atomic E-state index is 12.6. The molecule has 0 radical (unpaired) electrons. The molecule has 2 heterocycles. The van der Waals surface area contributed by atoms with E-state index in [-0.39, 0.29) is 23.2 Å². The summed E-state index contributed by atoms with van der Waals surface area (Å²) in [5.74, 6) is -2.58. The van der Waals surface area contributed by atoms with Crippen molar-refractivity contribution < 1.29 is 28.7 Å². The van der Waals surface area contributed by atoms with Crippen LogP contribution in [0.2, 0.25) is 0 Å². The SMILES string of the molecule is O=C(OCN1C(=O)c2ccccc2C1=O)c1cccc(CN2C(=O)c3ccccc3C2=O)c1. The van der Waals surface area contributed by atoms with Gasteiger partial charge in [0.1, 0.15) is 0 Å². The number of esters is 1. The van der Waals surface area contributed by atoms with Crippen LogP contribution in [-0.4, -0.2) is 46.1 Å². The van der Waals surface area contributed by atoms with E-state index < -0.39 is 36.3 Å². The molecule has 33 heavy (non-hydrogen) atoms. The van der Waals surface area contributed by atoms with Crippen LogP contribution in [0.25, 0.3) is 0 Å². The van der Waals surface area contributed by atoms with Gasteiger partial charge in [0.25, 0.3) is 23.6 Å². The van der Waals surface area contributed by atoms with E-state index in [1.54, 1.807) is 60.7 Å². The quantitative estimate of drug-likeness (QED) is 0.447. The Kier molecular flexibility index (Phi) is 4.82. The van der Waals surface area contributed by atoms with E-state index in [2.05, 4.69) is 0 Å². The molecule has 0 aliphatic carbocycles. The molecule has 8 nitrogen and oxygen atoms in total. The molecule has 0 N–H and O–H groups in total. The van der Waals surface area contributed by atoms with E-state index in [0.29, 0.717) is 16.7 Å². The first-order valence-electron chi connectivity index (χ1n) is 10.1. The Morgan fingerprint density at radius 2 is 1.12 bits per heavy atom. The van der Waals surface area contributed by atoms with Crippen LogP contribution in [0.5, 0.6) is 0 Å². The number of imide groups is 2. The first-order valence-corrected chi connectivity index (χ1v) is 10.1. The van der Waals surface area contributed by atoms with Gasteiger partial charge in [-0.25, -0.2) is 9.69 Å². The van der Waals surface area contributed by atoms with E-state index in [1.807, 2.05) is 0 Å². The smallest absolute Gasteiger partial charge is 0.339 e. The molecule has 0 saturated heterocycles. The zero-order valence-electron chi connectivity index (χ0n) is 17.2. The number of benzene rings is 3. The van der Waals surface area contributed by atoms with Crippen molar-refractivity contribution in [3.8, 4) is 0 Å². The van der Waals surface area contributed by atoms with Gasteiger partial charge in [0.15, 0.2) is 6.73 Å². The Morgan fingerprint density at radius 3 is 1.64 bits per heavy atom. The summed E-state index contributed by atoms with van der Waals surface area (Å²) in [6.07, 6.45) is 0. The molecule has 162 valence electrons. The number of fused-ring (bicyclic) bond motifs is 2. The zero-order chi connectivity index (χ0) is 23.1. The highest BCUT2D eigenvalue weighted by Crippen LogP contribution is 2.25. The number of amides is 4. The lowest BCUT2D eigenvalue weighted by atomic mass is 10.1. The van der Waals surface area contributed by atoms with Crippen LogP contribution in [0.15, 0.2) is 72.8 Å². The van der Waals surface area contributed by atoms with Gasteiger partial charge in [0.2, 0.25) is 0 Å². The number of rotatable bonds is 5. The van der Waals surface area contributed by atoms with Crippen LogP contribution in [0.4, 0.5) is 0 Å². The van der Waals surface area contributed by atoms with Crippen molar-refractivity contribution >= 4 is 29.6 Å². The van der Waals surface area contributed by atoms with Gasteiger partial charge in [-0.2, -0.15) is 0 Å². The minimum absolute atomic E-state index is 0.00806. The van der Waals surface area contributed by atoms with E-state index >= 15 is 0 Å². The fourth-order valence-electron chi connectivity index (χ4n) is 3.92. The molecule has 3 aromatic carbocycles.